The summed E-state index contributed by atoms with van der Waals surface area (Å²) in [5.41, 5.74) is 7.45. The Morgan fingerprint density at radius 3 is 1.69 bits per heavy atom. The molecule has 0 unspecified atom stereocenters. The summed E-state index contributed by atoms with van der Waals surface area (Å²) in [6, 6.07) is 11.4. The summed E-state index contributed by atoms with van der Waals surface area (Å²) in [4.78, 5) is 19.6. The topological polar surface area (TPSA) is 106 Å². The van der Waals surface area contributed by atoms with E-state index in [1.165, 1.54) is 19.4 Å². The van der Waals surface area contributed by atoms with Gasteiger partial charge in [-0.05, 0) is 36.8 Å². The third-order valence-electron chi connectivity index (χ3n) is 3.55. The van der Waals surface area contributed by atoms with Crippen LogP contribution in [-0.2, 0) is 14.3 Å². The van der Waals surface area contributed by atoms with Gasteiger partial charge in [0.25, 0.3) is 0 Å². The van der Waals surface area contributed by atoms with Crippen molar-refractivity contribution in [3.63, 3.8) is 0 Å². The van der Waals surface area contributed by atoms with E-state index in [0.717, 1.165) is 23.0 Å². The number of anilines is 1. The lowest BCUT2D eigenvalue weighted by molar-refractivity contribution is -0.156. The predicted molar refractivity (Wildman–Crippen MR) is 106 cm³/mol. The number of aryl methyl sites for hydroxylation is 1. The smallest absolute Gasteiger partial charge is 0.310 e. The molecule has 2 heterocycles. The van der Waals surface area contributed by atoms with E-state index in [4.69, 9.17) is 24.7 Å². The van der Waals surface area contributed by atoms with Gasteiger partial charge in [0.2, 0.25) is 0 Å². The molecule has 2 aliphatic rings. The fourth-order valence-electron chi connectivity index (χ4n) is 2.41. The largest absolute Gasteiger partial charge is 0.486 e. The number of fused-ring (bicyclic) bond motifs is 2. The highest BCUT2D eigenvalue weighted by atomic mass is 16.6. The molecule has 4 rings (SSSR count). The maximum atomic E-state index is 9.81. The van der Waals surface area contributed by atoms with Gasteiger partial charge < -0.3 is 29.4 Å². The summed E-state index contributed by atoms with van der Waals surface area (Å²) in [5.74, 6) is 2.14. The Morgan fingerprint density at radius 2 is 1.21 bits per heavy atom. The minimum absolute atomic E-state index is 0.562. The molecule has 0 fully saturated rings. The number of carbonyl (C=O) groups excluding carboxylic acids is 2. The number of hydrogen-bond donors (Lipinski definition) is 1. The third kappa shape index (κ3) is 7.61. The first-order valence-corrected chi connectivity index (χ1v) is 9.05. The van der Waals surface area contributed by atoms with Crippen molar-refractivity contribution in [2.75, 3.05) is 32.2 Å². The molecule has 0 saturated carbocycles. The molecule has 2 aliphatic heterocycles. The fourth-order valence-corrected chi connectivity index (χ4v) is 2.41. The van der Waals surface area contributed by atoms with Crippen LogP contribution in [0.1, 0.15) is 19.4 Å². The van der Waals surface area contributed by atoms with Crippen LogP contribution >= 0.6 is 0 Å². The first-order valence-electron chi connectivity index (χ1n) is 9.05. The van der Waals surface area contributed by atoms with Crippen LogP contribution in [0.15, 0.2) is 36.4 Å². The van der Waals surface area contributed by atoms with Crippen LogP contribution < -0.4 is 24.7 Å². The van der Waals surface area contributed by atoms with Crippen LogP contribution in [0.25, 0.3) is 0 Å². The summed E-state index contributed by atoms with van der Waals surface area (Å²) >= 11 is 0. The van der Waals surface area contributed by atoms with Crippen molar-refractivity contribution in [1.29, 1.82) is 0 Å². The van der Waals surface area contributed by atoms with Crippen molar-refractivity contribution >= 4 is 17.6 Å². The molecule has 156 valence electrons. The summed E-state index contributed by atoms with van der Waals surface area (Å²) in [6.45, 7) is 6.96. The van der Waals surface area contributed by atoms with E-state index >= 15 is 0 Å². The van der Waals surface area contributed by atoms with Gasteiger partial charge in [-0.2, -0.15) is 0 Å². The monoisotopic (exact) mass is 403 g/mol. The summed E-state index contributed by atoms with van der Waals surface area (Å²) in [6.07, 6.45) is 0. The van der Waals surface area contributed by atoms with E-state index in [0.29, 0.717) is 32.1 Å². The average molecular weight is 403 g/mol. The van der Waals surface area contributed by atoms with Crippen molar-refractivity contribution in [3.8, 4) is 23.0 Å². The standard InChI is InChI=1S/C9H10O2.C8H9NO2.C4H6O3/c1-7-2-3-8-9(6-7)11-5-4-10-8;9-6-1-2-7-8(5-6)11-4-3-10-7;1-3(5)7-4(2)6/h2-3,6H,4-5H2,1H3;1-2,5H,3-4,9H2;1-2H3. The number of esters is 2. The van der Waals surface area contributed by atoms with Crippen molar-refractivity contribution in [2.24, 2.45) is 0 Å². The zero-order valence-corrected chi connectivity index (χ0v) is 16.7. The zero-order valence-electron chi connectivity index (χ0n) is 16.7. The van der Waals surface area contributed by atoms with Gasteiger partial charge in [-0.15, -0.1) is 0 Å². The molecule has 0 saturated heterocycles. The highest BCUT2D eigenvalue weighted by molar-refractivity contribution is 5.82. The van der Waals surface area contributed by atoms with E-state index in [1.54, 1.807) is 12.1 Å². The van der Waals surface area contributed by atoms with Gasteiger partial charge in [-0.25, -0.2) is 0 Å². The Labute approximate surface area is 169 Å². The molecule has 0 aromatic heterocycles. The second kappa shape index (κ2) is 10.8. The van der Waals surface area contributed by atoms with Gasteiger partial charge in [0.05, 0.1) is 0 Å². The van der Waals surface area contributed by atoms with E-state index in [1.807, 2.05) is 31.2 Å². The molecule has 8 heteroatoms. The summed E-state index contributed by atoms with van der Waals surface area (Å²) < 4.78 is 25.3. The number of carbonyl (C=O) groups is 2. The van der Waals surface area contributed by atoms with Crippen molar-refractivity contribution in [3.05, 3.63) is 42.0 Å². The number of nitrogens with two attached hydrogens (primary N) is 1. The van der Waals surface area contributed by atoms with E-state index < -0.39 is 11.9 Å². The Morgan fingerprint density at radius 1 is 0.759 bits per heavy atom. The number of benzene rings is 2. The first-order chi connectivity index (χ1) is 13.8. The molecule has 0 bridgehead atoms. The lowest BCUT2D eigenvalue weighted by atomic mass is 10.2. The number of hydrogen-bond acceptors (Lipinski definition) is 8. The highest BCUT2D eigenvalue weighted by Gasteiger charge is 2.10. The quantitative estimate of drug-likeness (QED) is 0.407. The van der Waals surface area contributed by atoms with Crippen LogP contribution in [-0.4, -0.2) is 38.4 Å². The van der Waals surface area contributed by atoms with E-state index in [-0.39, 0.29) is 0 Å². The molecule has 8 nitrogen and oxygen atoms in total. The number of nitrogen functional groups attached to an aromatic ring is 1. The van der Waals surface area contributed by atoms with Gasteiger partial charge in [-0.1, -0.05) is 6.07 Å². The fraction of sp³-hybridized carbons (Fsp3) is 0.333. The Balaban J connectivity index is 0.000000161. The van der Waals surface area contributed by atoms with Gasteiger partial charge >= 0.3 is 11.9 Å². The summed E-state index contributed by atoms with van der Waals surface area (Å²) in [7, 11) is 0. The van der Waals surface area contributed by atoms with E-state index in [9.17, 15) is 9.59 Å². The van der Waals surface area contributed by atoms with Crippen LogP contribution in [0.5, 0.6) is 23.0 Å². The maximum Gasteiger partial charge on any atom is 0.310 e. The number of ether oxygens (including phenoxy) is 5. The molecule has 2 aromatic carbocycles. The van der Waals surface area contributed by atoms with Gasteiger partial charge in [0, 0.05) is 25.6 Å². The molecule has 0 amide bonds. The number of rotatable bonds is 0. The van der Waals surface area contributed by atoms with Gasteiger partial charge in [0.1, 0.15) is 26.4 Å². The molecule has 0 spiro atoms. The minimum atomic E-state index is -0.562. The molecule has 2 aromatic rings. The minimum Gasteiger partial charge on any atom is -0.486 e. The van der Waals surface area contributed by atoms with Gasteiger partial charge in [-0.3, -0.25) is 9.59 Å². The summed E-state index contributed by atoms with van der Waals surface area (Å²) in [5, 5.41) is 0. The van der Waals surface area contributed by atoms with Crippen molar-refractivity contribution in [2.45, 2.75) is 20.8 Å². The Kier molecular flexibility index (Phi) is 8.14. The van der Waals surface area contributed by atoms with Crippen molar-refractivity contribution < 1.29 is 33.3 Å². The molecule has 29 heavy (non-hydrogen) atoms. The lowest BCUT2D eigenvalue weighted by Gasteiger charge is -2.18. The second-order valence-corrected chi connectivity index (χ2v) is 6.14. The van der Waals surface area contributed by atoms with Crippen LogP contribution in [0.4, 0.5) is 5.69 Å². The first kappa shape index (κ1) is 21.9. The van der Waals surface area contributed by atoms with Gasteiger partial charge in [0.15, 0.2) is 23.0 Å². The van der Waals surface area contributed by atoms with Crippen LogP contribution in [0, 0.1) is 6.92 Å². The predicted octanol–water partition coefficient (Wildman–Crippen LogP) is 2.90. The maximum absolute atomic E-state index is 9.81. The Bertz CT molecular complexity index is 781. The van der Waals surface area contributed by atoms with Crippen molar-refractivity contribution in [1.82, 2.24) is 0 Å². The lowest BCUT2D eigenvalue weighted by Crippen LogP contribution is -2.15. The SMILES string of the molecule is CC(=O)OC(C)=O.Cc1ccc2c(c1)OCCO2.Nc1ccc2c(c1)OCCO2. The normalized spacial score (nSPS) is 12.9. The molecule has 2 N–H and O–H groups in total. The molecule has 0 aliphatic carbocycles. The molecule has 0 radical (unpaired) electrons. The molecular weight excluding hydrogens is 378 g/mol. The molecular formula is C21H25NO7. The highest BCUT2D eigenvalue weighted by Crippen LogP contribution is 2.31. The van der Waals surface area contributed by atoms with Crippen LogP contribution in [0.2, 0.25) is 0 Å². The Hall–Kier alpha value is -3.42. The average Bonchev–Trinajstić information content (AvgIpc) is 2.67. The second-order valence-electron chi connectivity index (χ2n) is 6.14. The zero-order chi connectivity index (χ0) is 21.2. The van der Waals surface area contributed by atoms with Crippen LogP contribution in [0.3, 0.4) is 0 Å². The third-order valence-corrected chi connectivity index (χ3v) is 3.55. The van der Waals surface area contributed by atoms with E-state index in [2.05, 4.69) is 4.74 Å². The molecule has 0 atom stereocenters.